The summed E-state index contributed by atoms with van der Waals surface area (Å²) >= 11 is 3.38. The Bertz CT molecular complexity index is 429. The molecule has 0 aliphatic rings. The Morgan fingerprint density at radius 1 is 1.32 bits per heavy atom. The Labute approximate surface area is 118 Å². The topological polar surface area (TPSA) is 20.3 Å². The normalized spacial score (nSPS) is 13.2. The van der Waals surface area contributed by atoms with E-state index in [1.807, 2.05) is 6.92 Å². The maximum Gasteiger partial charge on any atom is 0.416 e. The van der Waals surface area contributed by atoms with Gasteiger partial charge in [-0.05, 0) is 30.7 Å². The van der Waals surface area contributed by atoms with Gasteiger partial charge in [-0.3, -0.25) is 4.79 Å². The molecular weight excluding hydrogens is 323 g/mol. The monoisotopic (exact) mass is 337 g/mol. The highest BCUT2D eigenvalue weighted by molar-refractivity contribution is 9.09. The van der Waals surface area contributed by atoms with Crippen LogP contribution in [-0.2, 0) is 6.18 Å². The standard InChI is InChI=1S/C13H15BrF3NO/c1-9(14)7-8-18(2)12(19)10-3-5-11(6-4-10)13(15,16)17/h3-6,9H,7-8H2,1-2H3. The minimum absolute atomic E-state index is 0.262. The van der Waals surface area contributed by atoms with Gasteiger partial charge in [-0.1, -0.05) is 22.9 Å². The van der Waals surface area contributed by atoms with Gasteiger partial charge in [-0.25, -0.2) is 0 Å². The molecule has 1 aromatic carbocycles. The second-order valence-corrected chi connectivity index (χ2v) is 5.93. The second kappa shape index (κ2) is 6.41. The van der Waals surface area contributed by atoms with E-state index in [9.17, 15) is 18.0 Å². The van der Waals surface area contributed by atoms with Gasteiger partial charge < -0.3 is 4.90 Å². The lowest BCUT2D eigenvalue weighted by Gasteiger charge is -2.18. The van der Waals surface area contributed by atoms with Gasteiger partial charge in [0.1, 0.15) is 0 Å². The van der Waals surface area contributed by atoms with E-state index in [0.29, 0.717) is 6.54 Å². The molecule has 0 aliphatic carbocycles. The summed E-state index contributed by atoms with van der Waals surface area (Å²) < 4.78 is 37.2. The fourth-order valence-electron chi connectivity index (χ4n) is 1.50. The van der Waals surface area contributed by atoms with Crippen molar-refractivity contribution in [2.45, 2.75) is 24.3 Å². The van der Waals surface area contributed by atoms with Crippen molar-refractivity contribution in [3.05, 3.63) is 35.4 Å². The van der Waals surface area contributed by atoms with Gasteiger partial charge in [-0.2, -0.15) is 13.2 Å². The van der Waals surface area contributed by atoms with E-state index < -0.39 is 11.7 Å². The zero-order chi connectivity index (χ0) is 14.6. The van der Waals surface area contributed by atoms with E-state index in [-0.39, 0.29) is 16.3 Å². The first-order valence-electron chi connectivity index (χ1n) is 5.78. The summed E-state index contributed by atoms with van der Waals surface area (Å²) in [5, 5.41) is 0. The number of alkyl halides is 4. The average Bonchev–Trinajstić information content (AvgIpc) is 2.34. The van der Waals surface area contributed by atoms with Gasteiger partial charge in [-0.15, -0.1) is 0 Å². The average molecular weight is 338 g/mol. The van der Waals surface area contributed by atoms with Gasteiger partial charge in [0.15, 0.2) is 0 Å². The molecule has 1 rings (SSSR count). The Balaban J connectivity index is 2.72. The van der Waals surface area contributed by atoms with Crippen LogP contribution in [0.25, 0.3) is 0 Å². The number of hydrogen-bond donors (Lipinski definition) is 0. The summed E-state index contributed by atoms with van der Waals surface area (Å²) in [6.07, 6.45) is -3.60. The van der Waals surface area contributed by atoms with Crippen LogP contribution in [-0.4, -0.2) is 29.2 Å². The van der Waals surface area contributed by atoms with Crippen LogP contribution in [0, 0.1) is 0 Å². The molecule has 2 nitrogen and oxygen atoms in total. The first kappa shape index (κ1) is 16.0. The van der Waals surface area contributed by atoms with Gasteiger partial charge in [0.2, 0.25) is 0 Å². The molecule has 0 fully saturated rings. The van der Waals surface area contributed by atoms with Crippen molar-refractivity contribution < 1.29 is 18.0 Å². The molecule has 1 atom stereocenters. The molecule has 106 valence electrons. The van der Waals surface area contributed by atoms with Crippen molar-refractivity contribution in [2.24, 2.45) is 0 Å². The smallest absolute Gasteiger partial charge is 0.342 e. The van der Waals surface area contributed by atoms with Crippen molar-refractivity contribution in [1.82, 2.24) is 4.90 Å². The number of carbonyl (C=O) groups is 1. The minimum Gasteiger partial charge on any atom is -0.342 e. The van der Waals surface area contributed by atoms with Crippen LogP contribution in [0.15, 0.2) is 24.3 Å². The number of amides is 1. The molecular formula is C13H15BrF3NO. The number of nitrogens with zero attached hydrogens (tertiary/aromatic N) is 1. The first-order valence-corrected chi connectivity index (χ1v) is 6.70. The van der Waals surface area contributed by atoms with Crippen molar-refractivity contribution >= 4 is 21.8 Å². The lowest BCUT2D eigenvalue weighted by atomic mass is 10.1. The summed E-state index contributed by atoms with van der Waals surface area (Å²) in [4.78, 5) is 13.7. The number of rotatable bonds is 4. The molecule has 0 bridgehead atoms. The van der Waals surface area contributed by atoms with E-state index in [4.69, 9.17) is 0 Å². The lowest BCUT2D eigenvalue weighted by molar-refractivity contribution is -0.137. The molecule has 6 heteroatoms. The second-order valence-electron chi connectivity index (χ2n) is 4.37. The number of benzene rings is 1. The highest BCUT2D eigenvalue weighted by Crippen LogP contribution is 2.29. The summed E-state index contributed by atoms with van der Waals surface area (Å²) in [6, 6.07) is 4.26. The molecule has 0 saturated carbocycles. The minimum atomic E-state index is -4.38. The molecule has 1 unspecified atom stereocenters. The van der Waals surface area contributed by atoms with Crippen LogP contribution in [0.3, 0.4) is 0 Å². The SMILES string of the molecule is CC(Br)CCN(C)C(=O)c1ccc(C(F)(F)F)cc1. The Hall–Kier alpha value is -1.04. The number of halogens is 4. The molecule has 19 heavy (non-hydrogen) atoms. The fourth-order valence-corrected chi connectivity index (χ4v) is 1.70. The molecule has 0 heterocycles. The van der Waals surface area contributed by atoms with Crippen LogP contribution in [0.5, 0.6) is 0 Å². The van der Waals surface area contributed by atoms with Gasteiger partial charge in [0.25, 0.3) is 5.91 Å². The van der Waals surface area contributed by atoms with E-state index in [1.165, 1.54) is 17.0 Å². The van der Waals surface area contributed by atoms with E-state index in [0.717, 1.165) is 18.6 Å². The zero-order valence-corrected chi connectivity index (χ0v) is 12.3. The zero-order valence-electron chi connectivity index (χ0n) is 10.7. The molecule has 0 aromatic heterocycles. The fraction of sp³-hybridized carbons (Fsp3) is 0.462. The van der Waals surface area contributed by atoms with E-state index in [1.54, 1.807) is 7.05 Å². The molecule has 1 aromatic rings. The quantitative estimate of drug-likeness (QED) is 0.762. The number of carbonyl (C=O) groups excluding carboxylic acids is 1. The third kappa shape index (κ3) is 4.86. The third-order valence-corrected chi connectivity index (χ3v) is 3.13. The summed E-state index contributed by atoms with van der Waals surface area (Å²) in [5.41, 5.74) is -0.487. The molecule has 1 amide bonds. The van der Waals surface area contributed by atoms with Crippen molar-refractivity contribution in [3.8, 4) is 0 Å². The molecule has 0 radical (unpaired) electrons. The van der Waals surface area contributed by atoms with Crippen molar-refractivity contribution in [3.63, 3.8) is 0 Å². The Kier molecular flexibility index (Phi) is 5.40. The lowest BCUT2D eigenvalue weighted by Crippen LogP contribution is -2.28. The molecule has 0 spiro atoms. The van der Waals surface area contributed by atoms with Crippen molar-refractivity contribution in [1.29, 1.82) is 0 Å². The van der Waals surface area contributed by atoms with E-state index in [2.05, 4.69) is 15.9 Å². The van der Waals surface area contributed by atoms with Crippen LogP contribution < -0.4 is 0 Å². The third-order valence-electron chi connectivity index (χ3n) is 2.67. The van der Waals surface area contributed by atoms with Gasteiger partial charge in [0, 0.05) is 24.0 Å². The number of hydrogen-bond acceptors (Lipinski definition) is 1. The largest absolute Gasteiger partial charge is 0.416 e. The highest BCUT2D eigenvalue weighted by Gasteiger charge is 2.30. The van der Waals surface area contributed by atoms with Crippen LogP contribution >= 0.6 is 15.9 Å². The maximum atomic E-state index is 12.4. The summed E-state index contributed by atoms with van der Waals surface area (Å²) in [6.45, 7) is 2.52. The molecule has 0 aliphatic heterocycles. The van der Waals surface area contributed by atoms with Gasteiger partial charge >= 0.3 is 6.18 Å². The summed E-state index contributed by atoms with van der Waals surface area (Å²) in [7, 11) is 1.63. The van der Waals surface area contributed by atoms with Crippen molar-refractivity contribution in [2.75, 3.05) is 13.6 Å². The van der Waals surface area contributed by atoms with Crippen LogP contribution in [0.4, 0.5) is 13.2 Å². The highest BCUT2D eigenvalue weighted by atomic mass is 79.9. The summed E-state index contributed by atoms with van der Waals surface area (Å²) in [5.74, 6) is -0.276. The molecule has 0 saturated heterocycles. The Morgan fingerprint density at radius 2 is 1.84 bits per heavy atom. The predicted molar refractivity (Wildman–Crippen MR) is 71.4 cm³/mol. The van der Waals surface area contributed by atoms with E-state index >= 15 is 0 Å². The van der Waals surface area contributed by atoms with Crippen LogP contribution in [0.1, 0.15) is 29.3 Å². The molecule has 0 N–H and O–H groups in total. The Morgan fingerprint density at radius 3 is 2.26 bits per heavy atom. The predicted octanol–water partition coefficient (Wildman–Crippen LogP) is 3.95. The van der Waals surface area contributed by atoms with Crippen LogP contribution in [0.2, 0.25) is 0 Å². The van der Waals surface area contributed by atoms with Gasteiger partial charge in [0.05, 0.1) is 5.56 Å². The maximum absolute atomic E-state index is 12.4. The first-order chi connectivity index (χ1) is 8.71.